The summed E-state index contributed by atoms with van der Waals surface area (Å²) in [5, 5.41) is 5.52. The third-order valence-corrected chi connectivity index (χ3v) is 4.29. The summed E-state index contributed by atoms with van der Waals surface area (Å²) in [4.78, 5) is 37.9. The molecule has 4 amide bonds. The van der Waals surface area contributed by atoms with E-state index in [1.807, 2.05) is 0 Å². The first kappa shape index (κ1) is 17.0. The highest BCUT2D eigenvalue weighted by molar-refractivity contribution is 6.33. The highest BCUT2D eigenvalue weighted by Crippen LogP contribution is 2.30. The average Bonchev–Trinajstić information content (AvgIpc) is 3.08. The van der Waals surface area contributed by atoms with Crippen LogP contribution in [0.4, 0.5) is 10.5 Å². The van der Waals surface area contributed by atoms with Crippen molar-refractivity contribution in [3.63, 3.8) is 0 Å². The molecule has 0 bridgehead atoms. The minimum Gasteiger partial charge on any atom is -0.463 e. The van der Waals surface area contributed by atoms with Gasteiger partial charge in [-0.2, -0.15) is 0 Å². The molecule has 1 saturated heterocycles. The van der Waals surface area contributed by atoms with Crippen molar-refractivity contribution in [1.29, 1.82) is 0 Å². The second-order valence-corrected chi connectivity index (χ2v) is 6.29. The summed E-state index contributed by atoms with van der Waals surface area (Å²) in [6.45, 7) is 2.85. The van der Waals surface area contributed by atoms with Gasteiger partial charge in [0.25, 0.3) is 5.91 Å². The van der Waals surface area contributed by atoms with Crippen LogP contribution in [0.25, 0.3) is 0 Å². The zero-order valence-electron chi connectivity index (χ0n) is 13.6. The number of benzene rings is 1. The van der Waals surface area contributed by atoms with Crippen molar-refractivity contribution in [2.24, 2.45) is 0 Å². The monoisotopic (exact) mass is 361 g/mol. The van der Waals surface area contributed by atoms with Gasteiger partial charge in [-0.15, -0.1) is 0 Å². The molecule has 3 rings (SSSR count). The molecule has 1 aromatic heterocycles. The topological polar surface area (TPSA) is 91.7 Å². The fraction of sp³-hybridized carbons (Fsp3) is 0.235. The molecule has 0 unspecified atom stereocenters. The van der Waals surface area contributed by atoms with Gasteiger partial charge >= 0.3 is 6.03 Å². The Labute approximate surface area is 148 Å². The largest absolute Gasteiger partial charge is 0.463 e. The summed E-state index contributed by atoms with van der Waals surface area (Å²) in [6, 6.07) is 9.37. The number of carbonyl (C=O) groups is 3. The minimum absolute atomic E-state index is 0.317. The van der Waals surface area contributed by atoms with Crippen molar-refractivity contribution < 1.29 is 18.8 Å². The molecule has 0 spiro atoms. The smallest absolute Gasteiger partial charge is 0.325 e. The highest BCUT2D eigenvalue weighted by Gasteiger charge is 2.51. The molecule has 1 fully saturated rings. The summed E-state index contributed by atoms with van der Waals surface area (Å²) in [5.41, 5.74) is -0.929. The van der Waals surface area contributed by atoms with E-state index in [-0.39, 0.29) is 0 Å². The predicted molar refractivity (Wildman–Crippen MR) is 91.1 cm³/mol. The maximum atomic E-state index is 12.7. The van der Waals surface area contributed by atoms with E-state index < -0.39 is 29.9 Å². The van der Waals surface area contributed by atoms with Crippen LogP contribution in [0.2, 0.25) is 5.02 Å². The van der Waals surface area contributed by atoms with Gasteiger partial charge < -0.3 is 15.1 Å². The Morgan fingerprint density at radius 3 is 2.64 bits per heavy atom. The van der Waals surface area contributed by atoms with E-state index in [0.29, 0.717) is 22.2 Å². The number of urea groups is 1. The van der Waals surface area contributed by atoms with Crippen LogP contribution in [0.1, 0.15) is 18.4 Å². The van der Waals surface area contributed by atoms with Crippen molar-refractivity contribution in [3.05, 3.63) is 52.9 Å². The zero-order valence-corrected chi connectivity index (χ0v) is 14.4. The van der Waals surface area contributed by atoms with Crippen LogP contribution in [-0.4, -0.2) is 29.3 Å². The number of nitrogens with one attached hydrogen (secondary N) is 2. The number of amides is 4. The maximum Gasteiger partial charge on any atom is 0.325 e. The first-order valence-corrected chi connectivity index (χ1v) is 7.94. The Balaban J connectivity index is 1.75. The average molecular weight is 362 g/mol. The molecule has 8 heteroatoms. The lowest BCUT2D eigenvalue weighted by molar-refractivity contribution is -0.134. The summed E-state index contributed by atoms with van der Waals surface area (Å²) in [6.07, 6.45) is 0. The van der Waals surface area contributed by atoms with Crippen molar-refractivity contribution in [2.75, 3.05) is 11.9 Å². The van der Waals surface area contributed by atoms with E-state index in [1.165, 1.54) is 6.92 Å². The number of hydrogen-bond donors (Lipinski definition) is 2. The molecular weight excluding hydrogens is 346 g/mol. The Morgan fingerprint density at radius 1 is 1.28 bits per heavy atom. The van der Waals surface area contributed by atoms with E-state index in [0.717, 1.165) is 4.90 Å². The molecule has 1 aromatic carbocycles. The molecular formula is C17H16ClN3O4. The van der Waals surface area contributed by atoms with Gasteiger partial charge in [0.05, 0.1) is 10.7 Å². The lowest BCUT2D eigenvalue weighted by Gasteiger charge is -2.19. The van der Waals surface area contributed by atoms with Gasteiger partial charge in [-0.05, 0) is 38.1 Å². The number of carbonyl (C=O) groups excluding carboxylic acids is 3. The van der Waals surface area contributed by atoms with Crippen LogP contribution in [0.3, 0.4) is 0 Å². The van der Waals surface area contributed by atoms with Gasteiger partial charge in [-0.3, -0.25) is 14.5 Å². The van der Waals surface area contributed by atoms with Gasteiger partial charge in [0.1, 0.15) is 18.1 Å². The molecule has 0 saturated carbocycles. The predicted octanol–water partition coefficient (Wildman–Crippen LogP) is 2.65. The van der Waals surface area contributed by atoms with Crippen LogP contribution in [-0.2, 0) is 15.1 Å². The number of halogens is 1. The number of para-hydroxylation sites is 1. The van der Waals surface area contributed by atoms with Crippen LogP contribution in [0, 0.1) is 6.92 Å². The number of imide groups is 1. The molecule has 130 valence electrons. The summed E-state index contributed by atoms with van der Waals surface area (Å²) in [7, 11) is 0. The van der Waals surface area contributed by atoms with Gasteiger partial charge in [0.15, 0.2) is 5.54 Å². The Kier molecular flexibility index (Phi) is 4.26. The number of aryl methyl sites for hydroxylation is 1. The SMILES string of the molecule is Cc1ccc([C@@]2(C)NC(=O)N(CC(=O)Nc3ccccc3Cl)C2=O)o1. The van der Waals surface area contributed by atoms with Crippen LogP contribution in [0.5, 0.6) is 0 Å². The third kappa shape index (κ3) is 3.10. The number of hydrogen-bond acceptors (Lipinski definition) is 4. The molecule has 2 aromatic rings. The highest BCUT2D eigenvalue weighted by atomic mass is 35.5. The van der Waals surface area contributed by atoms with Crippen molar-refractivity contribution in [1.82, 2.24) is 10.2 Å². The Bertz CT molecular complexity index is 863. The Morgan fingerprint density at radius 2 is 2.00 bits per heavy atom. The molecule has 1 atom stereocenters. The van der Waals surface area contributed by atoms with Crippen LogP contribution >= 0.6 is 11.6 Å². The first-order chi connectivity index (χ1) is 11.8. The fourth-order valence-electron chi connectivity index (χ4n) is 2.61. The van der Waals surface area contributed by atoms with Crippen molar-refractivity contribution in [2.45, 2.75) is 19.4 Å². The molecule has 2 heterocycles. The van der Waals surface area contributed by atoms with Gasteiger partial charge in [-0.25, -0.2) is 4.79 Å². The van der Waals surface area contributed by atoms with Gasteiger partial charge in [-0.1, -0.05) is 23.7 Å². The lowest BCUT2D eigenvalue weighted by atomic mass is 9.99. The second-order valence-electron chi connectivity index (χ2n) is 5.88. The normalized spacial score (nSPS) is 19.9. The fourth-order valence-corrected chi connectivity index (χ4v) is 2.79. The first-order valence-electron chi connectivity index (χ1n) is 7.56. The summed E-state index contributed by atoms with van der Waals surface area (Å²) >= 11 is 5.98. The van der Waals surface area contributed by atoms with E-state index in [9.17, 15) is 14.4 Å². The molecule has 7 nitrogen and oxygen atoms in total. The molecule has 2 N–H and O–H groups in total. The molecule has 0 radical (unpaired) electrons. The number of anilines is 1. The van der Waals surface area contributed by atoms with Crippen molar-refractivity contribution >= 4 is 35.1 Å². The minimum atomic E-state index is -1.34. The van der Waals surface area contributed by atoms with Crippen LogP contribution in [0.15, 0.2) is 40.8 Å². The summed E-state index contributed by atoms with van der Waals surface area (Å²) < 4.78 is 5.47. The zero-order chi connectivity index (χ0) is 18.2. The molecule has 25 heavy (non-hydrogen) atoms. The number of rotatable bonds is 4. The van der Waals surface area contributed by atoms with Crippen LogP contribution < -0.4 is 10.6 Å². The maximum absolute atomic E-state index is 12.7. The number of nitrogens with zero attached hydrogens (tertiary/aromatic N) is 1. The van der Waals surface area contributed by atoms with Crippen molar-refractivity contribution in [3.8, 4) is 0 Å². The standard InChI is InChI=1S/C17H16ClN3O4/c1-10-7-8-13(25-10)17(2)15(23)21(16(24)20-17)9-14(22)19-12-6-4-3-5-11(12)18/h3-8H,9H2,1-2H3,(H,19,22)(H,20,24)/t17-/m1/s1. The summed E-state index contributed by atoms with van der Waals surface area (Å²) in [5.74, 6) is -0.150. The van der Waals surface area contributed by atoms with E-state index in [1.54, 1.807) is 43.3 Å². The third-order valence-electron chi connectivity index (χ3n) is 3.96. The van der Waals surface area contributed by atoms with E-state index in [4.69, 9.17) is 16.0 Å². The molecule has 0 aliphatic carbocycles. The van der Waals surface area contributed by atoms with E-state index in [2.05, 4.69) is 10.6 Å². The lowest BCUT2D eigenvalue weighted by Crippen LogP contribution is -2.41. The van der Waals surface area contributed by atoms with Gasteiger partial charge in [0, 0.05) is 0 Å². The Hall–Kier alpha value is -2.80. The molecule has 1 aliphatic heterocycles. The molecule has 1 aliphatic rings. The second kappa shape index (κ2) is 6.25. The quantitative estimate of drug-likeness (QED) is 0.819. The van der Waals surface area contributed by atoms with E-state index >= 15 is 0 Å². The number of furan rings is 1. The van der Waals surface area contributed by atoms with Gasteiger partial charge in [0.2, 0.25) is 5.91 Å².